The largest absolute Gasteiger partial charge is 0.368 e. The first-order valence-electron chi connectivity index (χ1n) is 6.19. The summed E-state index contributed by atoms with van der Waals surface area (Å²) >= 11 is 0. The standard InChI is InChI=1S/C14H18N4O2/c1-10(2)18(9-13(16)19)14(20)12-6-11(4-3-5-15)7-17-8-12/h6-8,10H,5,9,15H2,1-2H3,(H2,16,19). The van der Waals surface area contributed by atoms with Crippen molar-refractivity contribution in [1.82, 2.24) is 9.88 Å². The first-order valence-corrected chi connectivity index (χ1v) is 6.19. The van der Waals surface area contributed by atoms with Crippen LogP contribution in [0.15, 0.2) is 18.5 Å². The summed E-state index contributed by atoms with van der Waals surface area (Å²) in [6.45, 7) is 3.73. The van der Waals surface area contributed by atoms with E-state index in [1.54, 1.807) is 12.3 Å². The Hall–Kier alpha value is -2.39. The van der Waals surface area contributed by atoms with Crippen molar-refractivity contribution in [1.29, 1.82) is 0 Å². The SMILES string of the molecule is CC(C)N(CC(N)=O)C(=O)c1cncc(C#CCN)c1. The summed E-state index contributed by atoms with van der Waals surface area (Å²) in [5, 5.41) is 0. The lowest BCUT2D eigenvalue weighted by Crippen LogP contribution is -2.42. The molecule has 0 saturated carbocycles. The van der Waals surface area contributed by atoms with Crippen LogP contribution in [0.4, 0.5) is 0 Å². The summed E-state index contributed by atoms with van der Waals surface area (Å²) in [6, 6.07) is 1.47. The molecule has 0 aliphatic rings. The molecule has 20 heavy (non-hydrogen) atoms. The summed E-state index contributed by atoms with van der Waals surface area (Å²) in [6.07, 6.45) is 2.99. The molecule has 1 aromatic heterocycles. The summed E-state index contributed by atoms with van der Waals surface area (Å²) in [7, 11) is 0. The number of nitrogens with zero attached hydrogens (tertiary/aromatic N) is 2. The Morgan fingerprint density at radius 1 is 1.40 bits per heavy atom. The number of hydrogen-bond donors (Lipinski definition) is 2. The molecule has 0 radical (unpaired) electrons. The van der Waals surface area contributed by atoms with Gasteiger partial charge >= 0.3 is 0 Å². The molecule has 0 unspecified atom stereocenters. The maximum Gasteiger partial charge on any atom is 0.256 e. The Balaban J connectivity index is 3.02. The van der Waals surface area contributed by atoms with Gasteiger partial charge in [0.2, 0.25) is 5.91 Å². The fourth-order valence-corrected chi connectivity index (χ4v) is 1.60. The third kappa shape index (κ3) is 4.37. The molecule has 106 valence electrons. The maximum absolute atomic E-state index is 12.4. The molecule has 1 rings (SSSR count). The highest BCUT2D eigenvalue weighted by molar-refractivity contribution is 5.96. The smallest absolute Gasteiger partial charge is 0.256 e. The highest BCUT2D eigenvalue weighted by Gasteiger charge is 2.20. The zero-order valence-electron chi connectivity index (χ0n) is 11.6. The van der Waals surface area contributed by atoms with Crippen LogP contribution in [0, 0.1) is 11.8 Å². The van der Waals surface area contributed by atoms with Gasteiger partial charge in [-0.05, 0) is 19.9 Å². The second-order valence-electron chi connectivity index (χ2n) is 4.46. The summed E-state index contributed by atoms with van der Waals surface area (Å²) in [4.78, 5) is 28.7. The van der Waals surface area contributed by atoms with Crippen LogP contribution in [0.5, 0.6) is 0 Å². The zero-order chi connectivity index (χ0) is 15.1. The third-order valence-corrected chi connectivity index (χ3v) is 2.53. The lowest BCUT2D eigenvalue weighted by Gasteiger charge is -2.25. The molecule has 0 aliphatic carbocycles. The van der Waals surface area contributed by atoms with Crippen molar-refractivity contribution in [3.8, 4) is 11.8 Å². The summed E-state index contributed by atoms with van der Waals surface area (Å²) in [5.41, 5.74) is 11.4. The summed E-state index contributed by atoms with van der Waals surface area (Å²) < 4.78 is 0. The topological polar surface area (TPSA) is 102 Å². The normalized spacial score (nSPS) is 9.80. The maximum atomic E-state index is 12.4. The fraction of sp³-hybridized carbons (Fsp3) is 0.357. The first kappa shape index (κ1) is 15.7. The molecule has 1 heterocycles. The third-order valence-electron chi connectivity index (χ3n) is 2.53. The van der Waals surface area contributed by atoms with Crippen LogP contribution in [0.1, 0.15) is 29.8 Å². The Labute approximate surface area is 118 Å². The average molecular weight is 274 g/mol. The molecule has 0 atom stereocenters. The lowest BCUT2D eigenvalue weighted by atomic mass is 10.1. The van der Waals surface area contributed by atoms with Crippen molar-refractivity contribution in [2.45, 2.75) is 19.9 Å². The van der Waals surface area contributed by atoms with Gasteiger partial charge in [-0.2, -0.15) is 0 Å². The monoisotopic (exact) mass is 274 g/mol. The van der Waals surface area contributed by atoms with Crippen molar-refractivity contribution in [3.05, 3.63) is 29.6 Å². The first-order chi connectivity index (χ1) is 9.45. The number of rotatable bonds is 4. The minimum absolute atomic E-state index is 0.130. The Morgan fingerprint density at radius 2 is 2.10 bits per heavy atom. The van der Waals surface area contributed by atoms with E-state index in [1.807, 2.05) is 13.8 Å². The molecule has 0 bridgehead atoms. The number of hydrogen-bond acceptors (Lipinski definition) is 4. The van der Waals surface area contributed by atoms with Gasteiger partial charge in [0.1, 0.15) is 0 Å². The predicted molar refractivity (Wildman–Crippen MR) is 75.5 cm³/mol. The Kier molecular flexibility index (Phi) is 5.69. The number of primary amides is 1. The molecule has 6 heteroatoms. The second kappa shape index (κ2) is 7.26. The molecular weight excluding hydrogens is 256 g/mol. The molecule has 4 N–H and O–H groups in total. The van der Waals surface area contributed by atoms with E-state index >= 15 is 0 Å². The number of pyridine rings is 1. The van der Waals surface area contributed by atoms with Crippen LogP contribution < -0.4 is 11.5 Å². The minimum atomic E-state index is -0.556. The average Bonchev–Trinajstić information content (AvgIpc) is 2.41. The van der Waals surface area contributed by atoms with E-state index in [-0.39, 0.29) is 25.0 Å². The van der Waals surface area contributed by atoms with Gasteiger partial charge in [-0.25, -0.2) is 0 Å². The predicted octanol–water partition coefficient (Wildman–Crippen LogP) is -0.272. The van der Waals surface area contributed by atoms with Crippen molar-refractivity contribution < 1.29 is 9.59 Å². The minimum Gasteiger partial charge on any atom is -0.368 e. The van der Waals surface area contributed by atoms with E-state index in [1.165, 1.54) is 11.1 Å². The van der Waals surface area contributed by atoms with E-state index in [9.17, 15) is 9.59 Å². The van der Waals surface area contributed by atoms with E-state index in [2.05, 4.69) is 16.8 Å². The fourth-order valence-electron chi connectivity index (χ4n) is 1.60. The van der Waals surface area contributed by atoms with Gasteiger partial charge in [0.15, 0.2) is 0 Å². The molecule has 0 spiro atoms. The summed E-state index contributed by atoms with van der Waals surface area (Å²) in [5.74, 6) is 4.64. The van der Waals surface area contributed by atoms with Gasteiger partial charge in [-0.3, -0.25) is 14.6 Å². The van der Waals surface area contributed by atoms with Gasteiger partial charge in [0, 0.05) is 24.0 Å². The number of carbonyl (C=O) groups excluding carboxylic acids is 2. The van der Waals surface area contributed by atoms with Gasteiger partial charge in [0.05, 0.1) is 18.7 Å². The highest BCUT2D eigenvalue weighted by atomic mass is 16.2. The van der Waals surface area contributed by atoms with Gasteiger partial charge in [-0.1, -0.05) is 11.8 Å². The Bertz CT molecular complexity index is 558. The number of amides is 2. The van der Waals surface area contributed by atoms with E-state index in [0.717, 1.165) is 0 Å². The van der Waals surface area contributed by atoms with Crippen molar-refractivity contribution in [3.63, 3.8) is 0 Å². The van der Waals surface area contributed by atoms with E-state index in [4.69, 9.17) is 11.5 Å². The van der Waals surface area contributed by atoms with Crippen LogP contribution in [-0.2, 0) is 4.79 Å². The van der Waals surface area contributed by atoms with Crippen molar-refractivity contribution in [2.75, 3.05) is 13.1 Å². The van der Waals surface area contributed by atoms with E-state index in [0.29, 0.717) is 11.1 Å². The van der Waals surface area contributed by atoms with Gasteiger partial charge in [-0.15, -0.1) is 0 Å². The molecule has 1 aromatic rings. The highest BCUT2D eigenvalue weighted by Crippen LogP contribution is 2.09. The van der Waals surface area contributed by atoms with Gasteiger partial charge in [0.25, 0.3) is 5.91 Å². The molecule has 6 nitrogen and oxygen atoms in total. The second-order valence-corrected chi connectivity index (χ2v) is 4.46. The lowest BCUT2D eigenvalue weighted by molar-refractivity contribution is -0.119. The van der Waals surface area contributed by atoms with Crippen LogP contribution >= 0.6 is 0 Å². The molecule has 0 saturated heterocycles. The zero-order valence-corrected chi connectivity index (χ0v) is 11.6. The molecule has 2 amide bonds. The molecular formula is C14H18N4O2. The molecule has 0 aromatic carbocycles. The molecule has 0 aliphatic heterocycles. The quantitative estimate of drug-likeness (QED) is 0.737. The van der Waals surface area contributed by atoms with Crippen LogP contribution in [0.2, 0.25) is 0 Å². The van der Waals surface area contributed by atoms with Gasteiger partial charge < -0.3 is 16.4 Å². The van der Waals surface area contributed by atoms with Crippen LogP contribution in [0.25, 0.3) is 0 Å². The molecule has 0 fully saturated rings. The number of nitrogens with two attached hydrogens (primary N) is 2. The van der Waals surface area contributed by atoms with Crippen molar-refractivity contribution in [2.24, 2.45) is 11.5 Å². The Morgan fingerprint density at radius 3 is 2.65 bits per heavy atom. The van der Waals surface area contributed by atoms with Crippen molar-refractivity contribution >= 4 is 11.8 Å². The number of aromatic nitrogens is 1. The van der Waals surface area contributed by atoms with E-state index < -0.39 is 5.91 Å². The van der Waals surface area contributed by atoms with Crippen LogP contribution in [-0.4, -0.2) is 40.8 Å². The van der Waals surface area contributed by atoms with Crippen LogP contribution in [0.3, 0.4) is 0 Å². The number of carbonyl (C=O) groups is 2.